The lowest BCUT2D eigenvalue weighted by Gasteiger charge is -2.49. The minimum Gasteiger partial charge on any atom is -0.387 e. The number of aryl methyl sites for hydroxylation is 2. The molecule has 0 radical (unpaired) electrons. The summed E-state index contributed by atoms with van der Waals surface area (Å²) >= 11 is 0. The molecule has 0 aromatic heterocycles. The van der Waals surface area contributed by atoms with Gasteiger partial charge >= 0.3 is 0 Å². The van der Waals surface area contributed by atoms with Crippen molar-refractivity contribution in [2.75, 3.05) is 13.1 Å². The molecule has 1 N–H and O–H groups in total. The maximum atomic E-state index is 10.4. The van der Waals surface area contributed by atoms with Gasteiger partial charge < -0.3 is 5.11 Å². The average Bonchev–Trinajstić information content (AvgIpc) is 2.29. The lowest BCUT2D eigenvalue weighted by atomic mass is 9.81. The molecule has 1 aromatic carbocycles. The summed E-state index contributed by atoms with van der Waals surface area (Å²) in [6.07, 6.45) is 0. The molecular formula is C19H31NO. The molecule has 1 fully saturated rings. The second-order valence-corrected chi connectivity index (χ2v) is 8.24. The van der Waals surface area contributed by atoms with Gasteiger partial charge in [0.2, 0.25) is 0 Å². The second-order valence-electron chi connectivity index (χ2n) is 8.24. The van der Waals surface area contributed by atoms with Crippen LogP contribution in [-0.4, -0.2) is 28.7 Å². The van der Waals surface area contributed by atoms with E-state index in [2.05, 4.69) is 65.5 Å². The first kappa shape index (κ1) is 16.5. The molecule has 1 aliphatic rings. The van der Waals surface area contributed by atoms with E-state index >= 15 is 0 Å². The number of nitrogens with zero attached hydrogens (tertiary/aromatic N) is 1. The predicted molar refractivity (Wildman–Crippen MR) is 89.7 cm³/mol. The van der Waals surface area contributed by atoms with E-state index in [0.29, 0.717) is 5.92 Å². The van der Waals surface area contributed by atoms with Crippen molar-refractivity contribution in [3.63, 3.8) is 0 Å². The van der Waals surface area contributed by atoms with Gasteiger partial charge in [0.15, 0.2) is 0 Å². The highest BCUT2D eigenvalue weighted by Gasteiger charge is 2.43. The van der Waals surface area contributed by atoms with E-state index in [9.17, 15) is 5.11 Å². The summed E-state index contributed by atoms with van der Waals surface area (Å²) in [5.41, 5.74) is 5.30. The van der Waals surface area contributed by atoms with Crippen LogP contribution in [0.2, 0.25) is 0 Å². The lowest BCUT2D eigenvalue weighted by molar-refractivity contribution is -0.130. The third kappa shape index (κ3) is 3.32. The van der Waals surface area contributed by atoms with Crippen molar-refractivity contribution in [1.82, 2.24) is 4.90 Å². The third-order valence-corrected chi connectivity index (χ3v) is 5.01. The van der Waals surface area contributed by atoms with Crippen molar-refractivity contribution in [2.45, 2.75) is 66.0 Å². The first-order chi connectivity index (χ1) is 9.53. The molecule has 0 atom stereocenters. The molecule has 0 saturated carbocycles. The Labute approximate surface area is 130 Å². The van der Waals surface area contributed by atoms with Gasteiger partial charge in [-0.15, -0.1) is 0 Å². The Bertz CT molecular complexity index is 496. The second kappa shape index (κ2) is 5.40. The minimum absolute atomic E-state index is 0.197. The van der Waals surface area contributed by atoms with Gasteiger partial charge in [-0.25, -0.2) is 0 Å². The Kier molecular flexibility index (Phi) is 4.25. The van der Waals surface area contributed by atoms with Crippen LogP contribution in [0.1, 0.15) is 56.9 Å². The average molecular weight is 289 g/mol. The Hall–Kier alpha value is -0.860. The lowest BCUT2D eigenvalue weighted by Crippen LogP contribution is -2.63. The normalized spacial score (nSPS) is 18.9. The van der Waals surface area contributed by atoms with Gasteiger partial charge in [-0.1, -0.05) is 46.8 Å². The van der Waals surface area contributed by atoms with Crippen LogP contribution in [0.25, 0.3) is 0 Å². The highest BCUT2D eigenvalue weighted by Crippen LogP contribution is 2.32. The van der Waals surface area contributed by atoms with Gasteiger partial charge in [-0.05, 0) is 47.4 Å². The van der Waals surface area contributed by atoms with E-state index in [1.54, 1.807) is 0 Å². The fourth-order valence-corrected chi connectivity index (χ4v) is 3.10. The molecule has 1 saturated heterocycles. The van der Waals surface area contributed by atoms with Crippen molar-refractivity contribution in [1.29, 1.82) is 0 Å². The molecule has 118 valence electrons. The van der Waals surface area contributed by atoms with Gasteiger partial charge in [0.25, 0.3) is 0 Å². The fraction of sp³-hybridized carbons (Fsp3) is 0.684. The number of β-amino-alcohol motifs (C(OH)–C–C–N with tert-alkyl or cyclic N) is 1. The highest BCUT2D eigenvalue weighted by atomic mass is 16.3. The van der Waals surface area contributed by atoms with E-state index in [1.807, 2.05) is 0 Å². The summed E-state index contributed by atoms with van der Waals surface area (Å²) in [6, 6.07) is 4.66. The van der Waals surface area contributed by atoms with Crippen molar-refractivity contribution >= 4 is 0 Å². The van der Waals surface area contributed by atoms with Crippen LogP contribution < -0.4 is 0 Å². The van der Waals surface area contributed by atoms with Gasteiger partial charge in [0.05, 0.1) is 5.60 Å². The summed E-state index contributed by atoms with van der Waals surface area (Å²) in [7, 11) is 0. The maximum absolute atomic E-state index is 10.4. The minimum atomic E-state index is -0.479. The summed E-state index contributed by atoms with van der Waals surface area (Å²) in [5.74, 6) is 0.333. The first-order valence-electron chi connectivity index (χ1n) is 8.08. The molecule has 0 aliphatic carbocycles. The summed E-state index contributed by atoms with van der Waals surface area (Å²) < 4.78 is 0. The monoisotopic (exact) mass is 289 g/mol. The number of rotatable bonds is 3. The van der Waals surface area contributed by atoms with Crippen LogP contribution in [0, 0.1) is 19.8 Å². The highest BCUT2D eigenvalue weighted by molar-refractivity contribution is 5.40. The molecule has 0 unspecified atom stereocenters. The van der Waals surface area contributed by atoms with E-state index in [0.717, 1.165) is 19.6 Å². The number of hydrogen-bond donors (Lipinski definition) is 1. The van der Waals surface area contributed by atoms with E-state index in [-0.39, 0.29) is 5.41 Å². The van der Waals surface area contributed by atoms with Crippen LogP contribution in [-0.2, 0) is 12.0 Å². The standard InChI is InChI=1S/C19H31NO/c1-13(2)19(21)11-20(12-19)10-17-14(3)8-16(9-15(17)4)18(5,6)7/h8-9,13,21H,10-12H2,1-7H3. The van der Waals surface area contributed by atoms with Crippen LogP contribution >= 0.6 is 0 Å². The molecule has 21 heavy (non-hydrogen) atoms. The van der Waals surface area contributed by atoms with Gasteiger partial charge in [-0.2, -0.15) is 0 Å². The van der Waals surface area contributed by atoms with Crippen molar-refractivity contribution < 1.29 is 5.11 Å². The smallest absolute Gasteiger partial charge is 0.0923 e. The summed E-state index contributed by atoms with van der Waals surface area (Å²) in [5, 5.41) is 10.4. The Balaban J connectivity index is 2.13. The van der Waals surface area contributed by atoms with E-state index in [4.69, 9.17) is 0 Å². The zero-order chi connectivity index (χ0) is 16.0. The van der Waals surface area contributed by atoms with E-state index in [1.165, 1.54) is 22.3 Å². The Morgan fingerprint density at radius 1 is 1.14 bits per heavy atom. The summed E-state index contributed by atoms with van der Waals surface area (Å²) in [6.45, 7) is 18.0. The molecule has 0 amide bonds. The molecule has 2 nitrogen and oxygen atoms in total. The van der Waals surface area contributed by atoms with Crippen molar-refractivity contribution in [3.8, 4) is 0 Å². The molecule has 1 aliphatic heterocycles. The maximum Gasteiger partial charge on any atom is 0.0923 e. The molecule has 1 heterocycles. The van der Waals surface area contributed by atoms with Crippen molar-refractivity contribution in [3.05, 3.63) is 34.4 Å². The Morgan fingerprint density at radius 2 is 1.62 bits per heavy atom. The number of aliphatic hydroxyl groups is 1. The number of hydrogen-bond acceptors (Lipinski definition) is 2. The molecule has 1 aromatic rings. The molecule has 0 spiro atoms. The Morgan fingerprint density at radius 3 is 2.00 bits per heavy atom. The first-order valence-corrected chi connectivity index (χ1v) is 8.08. The largest absolute Gasteiger partial charge is 0.387 e. The molecule has 0 bridgehead atoms. The zero-order valence-corrected chi connectivity index (χ0v) is 14.7. The third-order valence-electron chi connectivity index (χ3n) is 5.01. The SMILES string of the molecule is Cc1cc(C(C)(C)C)cc(C)c1CN1CC(O)(C(C)C)C1. The fourth-order valence-electron chi connectivity index (χ4n) is 3.10. The summed E-state index contributed by atoms with van der Waals surface area (Å²) in [4.78, 5) is 2.35. The van der Waals surface area contributed by atoms with Crippen LogP contribution in [0.3, 0.4) is 0 Å². The van der Waals surface area contributed by atoms with Crippen LogP contribution in [0.4, 0.5) is 0 Å². The molecule has 2 heteroatoms. The number of benzene rings is 1. The van der Waals surface area contributed by atoms with Gasteiger partial charge in [-0.3, -0.25) is 4.90 Å². The quantitative estimate of drug-likeness (QED) is 0.915. The predicted octanol–water partition coefficient (Wildman–Crippen LogP) is 3.80. The van der Waals surface area contributed by atoms with E-state index < -0.39 is 5.60 Å². The number of likely N-dealkylation sites (tertiary alicyclic amines) is 1. The topological polar surface area (TPSA) is 23.5 Å². The zero-order valence-electron chi connectivity index (χ0n) is 14.7. The molecule has 2 rings (SSSR count). The van der Waals surface area contributed by atoms with Crippen LogP contribution in [0.5, 0.6) is 0 Å². The van der Waals surface area contributed by atoms with Gasteiger partial charge in [0.1, 0.15) is 0 Å². The van der Waals surface area contributed by atoms with Gasteiger partial charge in [0, 0.05) is 19.6 Å². The van der Waals surface area contributed by atoms with Crippen LogP contribution in [0.15, 0.2) is 12.1 Å². The molecular weight excluding hydrogens is 258 g/mol. The van der Waals surface area contributed by atoms with Crippen molar-refractivity contribution in [2.24, 2.45) is 5.92 Å².